The van der Waals surface area contributed by atoms with Gasteiger partial charge in [-0.2, -0.15) is 0 Å². The second-order valence-corrected chi connectivity index (χ2v) is 4.29. The van der Waals surface area contributed by atoms with Gasteiger partial charge in [-0.25, -0.2) is 4.98 Å². The number of nitrogens with zero attached hydrogens (tertiary/aromatic N) is 2. The first-order valence-corrected chi connectivity index (χ1v) is 5.72. The summed E-state index contributed by atoms with van der Waals surface area (Å²) in [6.07, 6.45) is 2.08. The summed E-state index contributed by atoms with van der Waals surface area (Å²) in [4.78, 5) is 4.31. The second kappa shape index (κ2) is 3.21. The number of aryl methyl sites for hydroxylation is 1. The molecule has 0 amide bonds. The standard InChI is InChI=1S/C12H10N2S/c1-14-5-4-10-6-9(2-3-12(10)14)11-7-15-8-13-11/h2-8H,1H3. The van der Waals surface area contributed by atoms with Crippen LogP contribution in [0, 0.1) is 0 Å². The predicted molar refractivity (Wildman–Crippen MR) is 64.0 cm³/mol. The van der Waals surface area contributed by atoms with Crippen LogP contribution in [-0.4, -0.2) is 9.55 Å². The average Bonchev–Trinajstić information content (AvgIpc) is 2.88. The average molecular weight is 214 g/mol. The van der Waals surface area contributed by atoms with Gasteiger partial charge in [0, 0.05) is 35.1 Å². The molecule has 0 aliphatic rings. The van der Waals surface area contributed by atoms with E-state index in [4.69, 9.17) is 0 Å². The Hall–Kier alpha value is -1.61. The molecule has 0 fully saturated rings. The zero-order chi connectivity index (χ0) is 10.3. The third kappa shape index (κ3) is 1.36. The lowest BCUT2D eigenvalue weighted by atomic mass is 10.1. The lowest BCUT2D eigenvalue weighted by Crippen LogP contribution is -1.83. The molecule has 0 unspecified atom stereocenters. The molecule has 74 valence electrons. The molecule has 15 heavy (non-hydrogen) atoms. The SMILES string of the molecule is Cn1ccc2cc(-c3cscn3)ccc21. The Morgan fingerprint density at radius 1 is 1.27 bits per heavy atom. The van der Waals surface area contributed by atoms with Crippen molar-refractivity contribution in [3.05, 3.63) is 41.4 Å². The minimum atomic E-state index is 1.06. The summed E-state index contributed by atoms with van der Waals surface area (Å²) in [6, 6.07) is 8.58. The molecule has 2 nitrogen and oxygen atoms in total. The van der Waals surface area contributed by atoms with Crippen molar-refractivity contribution in [3.63, 3.8) is 0 Å². The molecule has 2 aromatic heterocycles. The topological polar surface area (TPSA) is 17.8 Å². The Balaban J connectivity index is 2.23. The van der Waals surface area contributed by atoms with Gasteiger partial charge in [0.1, 0.15) is 0 Å². The monoisotopic (exact) mass is 214 g/mol. The van der Waals surface area contributed by atoms with Crippen LogP contribution in [0.25, 0.3) is 22.2 Å². The number of rotatable bonds is 1. The van der Waals surface area contributed by atoms with E-state index >= 15 is 0 Å². The number of benzene rings is 1. The van der Waals surface area contributed by atoms with Crippen LogP contribution < -0.4 is 0 Å². The fraction of sp³-hybridized carbons (Fsp3) is 0.0833. The Kier molecular flexibility index (Phi) is 1.86. The number of hydrogen-bond donors (Lipinski definition) is 0. The summed E-state index contributed by atoms with van der Waals surface area (Å²) < 4.78 is 2.13. The minimum Gasteiger partial charge on any atom is -0.351 e. The van der Waals surface area contributed by atoms with E-state index < -0.39 is 0 Å². The van der Waals surface area contributed by atoms with Crippen LogP contribution in [-0.2, 0) is 7.05 Å². The van der Waals surface area contributed by atoms with Crippen LogP contribution in [0.15, 0.2) is 41.4 Å². The van der Waals surface area contributed by atoms with Gasteiger partial charge in [0.05, 0.1) is 11.2 Å². The zero-order valence-corrected chi connectivity index (χ0v) is 9.16. The van der Waals surface area contributed by atoms with Crippen LogP contribution in [0.1, 0.15) is 0 Å². The van der Waals surface area contributed by atoms with Crippen LogP contribution in [0.4, 0.5) is 0 Å². The van der Waals surface area contributed by atoms with E-state index in [0.717, 1.165) is 5.69 Å². The lowest BCUT2D eigenvalue weighted by molar-refractivity contribution is 0.969. The highest BCUT2D eigenvalue weighted by molar-refractivity contribution is 7.07. The molecule has 0 aliphatic heterocycles. The molecule has 0 spiro atoms. The van der Waals surface area contributed by atoms with Gasteiger partial charge in [0.2, 0.25) is 0 Å². The van der Waals surface area contributed by atoms with E-state index in [1.54, 1.807) is 11.3 Å². The summed E-state index contributed by atoms with van der Waals surface area (Å²) >= 11 is 1.63. The number of hydrogen-bond acceptors (Lipinski definition) is 2. The van der Waals surface area contributed by atoms with Crippen molar-refractivity contribution in [3.8, 4) is 11.3 Å². The molecule has 0 N–H and O–H groups in total. The summed E-state index contributed by atoms with van der Waals surface area (Å²) in [6.45, 7) is 0. The molecule has 0 bridgehead atoms. The Bertz CT molecular complexity index is 593. The third-order valence-electron chi connectivity index (χ3n) is 2.61. The largest absolute Gasteiger partial charge is 0.351 e. The van der Waals surface area contributed by atoms with Gasteiger partial charge in [-0.15, -0.1) is 11.3 Å². The Morgan fingerprint density at radius 2 is 2.20 bits per heavy atom. The molecule has 0 saturated carbocycles. The van der Waals surface area contributed by atoms with Gasteiger partial charge in [-0.1, -0.05) is 6.07 Å². The van der Waals surface area contributed by atoms with Crippen LogP contribution in [0.3, 0.4) is 0 Å². The van der Waals surface area contributed by atoms with E-state index in [0.29, 0.717) is 0 Å². The fourth-order valence-corrected chi connectivity index (χ4v) is 2.36. The minimum absolute atomic E-state index is 1.06. The maximum Gasteiger partial charge on any atom is 0.0811 e. The van der Waals surface area contributed by atoms with Gasteiger partial charge in [0.15, 0.2) is 0 Å². The van der Waals surface area contributed by atoms with Gasteiger partial charge >= 0.3 is 0 Å². The molecular formula is C12H10N2S. The number of aromatic nitrogens is 2. The van der Waals surface area contributed by atoms with E-state index in [-0.39, 0.29) is 0 Å². The molecule has 0 aliphatic carbocycles. The maximum absolute atomic E-state index is 4.31. The van der Waals surface area contributed by atoms with Crippen molar-refractivity contribution in [2.45, 2.75) is 0 Å². The summed E-state index contributed by atoms with van der Waals surface area (Å²) in [5, 5.41) is 3.34. The third-order valence-corrected chi connectivity index (χ3v) is 3.20. The molecular weight excluding hydrogens is 204 g/mol. The molecule has 2 heterocycles. The summed E-state index contributed by atoms with van der Waals surface area (Å²) in [7, 11) is 2.06. The molecule has 1 aromatic carbocycles. The highest BCUT2D eigenvalue weighted by Crippen LogP contribution is 2.24. The Labute approximate surface area is 91.8 Å². The van der Waals surface area contributed by atoms with Crippen molar-refractivity contribution < 1.29 is 0 Å². The van der Waals surface area contributed by atoms with E-state index in [1.165, 1.54) is 16.5 Å². The van der Waals surface area contributed by atoms with Crippen molar-refractivity contribution in [2.24, 2.45) is 7.05 Å². The van der Waals surface area contributed by atoms with Crippen LogP contribution >= 0.6 is 11.3 Å². The van der Waals surface area contributed by atoms with Gasteiger partial charge in [-0.3, -0.25) is 0 Å². The maximum atomic E-state index is 4.31. The molecule has 3 heteroatoms. The highest BCUT2D eigenvalue weighted by Gasteiger charge is 2.02. The van der Waals surface area contributed by atoms with Gasteiger partial charge in [0.25, 0.3) is 0 Å². The second-order valence-electron chi connectivity index (χ2n) is 3.57. The lowest BCUT2D eigenvalue weighted by Gasteiger charge is -1.99. The number of fused-ring (bicyclic) bond motifs is 1. The first kappa shape index (κ1) is 8.68. The van der Waals surface area contributed by atoms with Crippen LogP contribution in [0.5, 0.6) is 0 Å². The molecule has 3 rings (SSSR count). The molecule has 0 saturated heterocycles. The molecule has 0 radical (unpaired) electrons. The first-order valence-electron chi connectivity index (χ1n) is 4.78. The first-order chi connectivity index (χ1) is 7.34. The van der Waals surface area contributed by atoms with E-state index in [2.05, 4.69) is 52.4 Å². The van der Waals surface area contributed by atoms with Crippen molar-refractivity contribution >= 4 is 22.2 Å². The Morgan fingerprint density at radius 3 is 3.00 bits per heavy atom. The zero-order valence-electron chi connectivity index (χ0n) is 8.34. The normalized spacial score (nSPS) is 11.0. The summed E-state index contributed by atoms with van der Waals surface area (Å²) in [5.41, 5.74) is 5.37. The van der Waals surface area contributed by atoms with E-state index in [9.17, 15) is 0 Å². The van der Waals surface area contributed by atoms with Gasteiger partial charge in [-0.05, 0) is 18.2 Å². The molecule has 3 aromatic rings. The fourth-order valence-electron chi connectivity index (χ4n) is 1.80. The van der Waals surface area contributed by atoms with Crippen molar-refractivity contribution in [1.29, 1.82) is 0 Å². The quantitative estimate of drug-likeness (QED) is 0.607. The predicted octanol–water partition coefficient (Wildman–Crippen LogP) is 3.30. The van der Waals surface area contributed by atoms with Crippen LogP contribution in [0.2, 0.25) is 0 Å². The highest BCUT2D eigenvalue weighted by atomic mass is 32.1. The van der Waals surface area contributed by atoms with Crippen molar-refractivity contribution in [2.75, 3.05) is 0 Å². The van der Waals surface area contributed by atoms with Crippen molar-refractivity contribution in [1.82, 2.24) is 9.55 Å². The number of thiazole rings is 1. The smallest absolute Gasteiger partial charge is 0.0811 e. The summed E-state index contributed by atoms with van der Waals surface area (Å²) in [5.74, 6) is 0. The molecule has 0 atom stereocenters. The van der Waals surface area contributed by atoms with Gasteiger partial charge < -0.3 is 4.57 Å². The van der Waals surface area contributed by atoms with E-state index in [1.807, 2.05) is 5.51 Å².